The topological polar surface area (TPSA) is 128 Å². The number of carbonyl (C=O) groups excluding carboxylic acids is 3. The van der Waals surface area contributed by atoms with Crippen LogP contribution in [0.5, 0.6) is 0 Å². The van der Waals surface area contributed by atoms with Crippen molar-refractivity contribution in [3.63, 3.8) is 0 Å². The number of aliphatic hydroxyl groups excluding tert-OH is 1. The van der Waals surface area contributed by atoms with Crippen LogP contribution < -0.4 is 11.1 Å². The van der Waals surface area contributed by atoms with E-state index < -0.39 is 36.0 Å². The lowest BCUT2D eigenvalue weighted by molar-refractivity contribution is -0.151. The molecule has 0 fully saturated rings. The van der Waals surface area contributed by atoms with Gasteiger partial charge in [-0.15, -0.1) is 0 Å². The Morgan fingerprint density at radius 2 is 1.45 bits per heavy atom. The summed E-state index contributed by atoms with van der Waals surface area (Å²) in [6.07, 6.45) is -1.24. The second-order valence-electron chi connectivity index (χ2n) is 7.11. The molecule has 2 rings (SSSR count). The third kappa shape index (κ3) is 8.57. The van der Waals surface area contributed by atoms with Gasteiger partial charge >= 0.3 is 11.9 Å². The average molecular weight is 428 g/mol. The largest absolute Gasteiger partial charge is 0.461 e. The Kier molecular flexibility index (Phi) is 9.67. The van der Waals surface area contributed by atoms with Crippen LogP contribution in [-0.2, 0) is 37.1 Å². The lowest BCUT2D eigenvalue weighted by atomic mass is 10.1. The maximum absolute atomic E-state index is 12.5. The van der Waals surface area contributed by atoms with Crippen LogP contribution in [0.25, 0.3) is 0 Å². The minimum atomic E-state index is -1.21. The third-order valence-corrected chi connectivity index (χ3v) is 4.53. The Hall–Kier alpha value is -3.23. The minimum Gasteiger partial charge on any atom is -0.461 e. The molecule has 0 spiro atoms. The van der Waals surface area contributed by atoms with Gasteiger partial charge in [0, 0.05) is 6.42 Å². The molecule has 0 aliphatic heterocycles. The van der Waals surface area contributed by atoms with E-state index in [2.05, 4.69) is 5.32 Å². The predicted octanol–water partition coefficient (Wildman–Crippen LogP) is 1.45. The van der Waals surface area contributed by atoms with E-state index in [0.29, 0.717) is 0 Å². The van der Waals surface area contributed by atoms with Gasteiger partial charge in [0.15, 0.2) is 0 Å². The summed E-state index contributed by atoms with van der Waals surface area (Å²) in [5.41, 5.74) is 7.26. The highest BCUT2D eigenvalue weighted by Gasteiger charge is 2.27. The van der Waals surface area contributed by atoms with Crippen LogP contribution in [0.3, 0.4) is 0 Å². The fraction of sp³-hybridized carbons (Fsp3) is 0.348. The van der Waals surface area contributed by atoms with Crippen molar-refractivity contribution in [3.8, 4) is 0 Å². The summed E-state index contributed by atoms with van der Waals surface area (Å²) < 4.78 is 10.5. The monoisotopic (exact) mass is 428 g/mol. The molecule has 2 aromatic rings. The maximum atomic E-state index is 12.5. The van der Waals surface area contributed by atoms with Crippen molar-refractivity contribution < 1.29 is 29.0 Å². The van der Waals surface area contributed by atoms with Crippen LogP contribution in [0, 0.1) is 0 Å². The van der Waals surface area contributed by atoms with E-state index in [-0.39, 0.29) is 26.1 Å². The number of carbonyl (C=O) groups is 3. The van der Waals surface area contributed by atoms with Crippen molar-refractivity contribution in [2.75, 3.05) is 0 Å². The second kappa shape index (κ2) is 12.5. The van der Waals surface area contributed by atoms with Gasteiger partial charge in [0.05, 0.1) is 6.10 Å². The minimum absolute atomic E-state index is 0.0208. The molecule has 0 bridgehead atoms. The number of amides is 1. The highest BCUT2D eigenvalue weighted by Crippen LogP contribution is 2.08. The van der Waals surface area contributed by atoms with Crippen molar-refractivity contribution in [2.24, 2.45) is 5.73 Å². The molecule has 3 atom stereocenters. The van der Waals surface area contributed by atoms with Crippen LogP contribution in [0.1, 0.15) is 30.9 Å². The van der Waals surface area contributed by atoms with Crippen LogP contribution in [0.2, 0.25) is 0 Å². The van der Waals surface area contributed by atoms with Gasteiger partial charge in [-0.05, 0) is 24.5 Å². The lowest BCUT2D eigenvalue weighted by Gasteiger charge is -2.21. The predicted molar refractivity (Wildman–Crippen MR) is 113 cm³/mol. The van der Waals surface area contributed by atoms with Gasteiger partial charge in [0.25, 0.3) is 0 Å². The van der Waals surface area contributed by atoms with Gasteiger partial charge in [-0.3, -0.25) is 9.59 Å². The first-order valence-corrected chi connectivity index (χ1v) is 10.0. The fourth-order valence-corrected chi connectivity index (χ4v) is 2.64. The molecular formula is C23H28N2O6. The van der Waals surface area contributed by atoms with E-state index in [1.54, 1.807) is 12.1 Å². The highest BCUT2D eigenvalue weighted by molar-refractivity contribution is 5.88. The summed E-state index contributed by atoms with van der Waals surface area (Å²) >= 11 is 0. The number of aliphatic hydroxyl groups is 1. The van der Waals surface area contributed by atoms with Crippen LogP contribution in [-0.4, -0.2) is 41.1 Å². The average Bonchev–Trinajstić information content (AvgIpc) is 2.79. The smallest absolute Gasteiger partial charge is 0.328 e. The molecule has 0 aromatic heterocycles. The number of hydrogen-bond acceptors (Lipinski definition) is 7. The summed E-state index contributed by atoms with van der Waals surface area (Å²) in [5.74, 6) is -1.93. The molecule has 0 heterocycles. The number of nitrogens with two attached hydrogens (primary N) is 1. The number of hydrogen-bond donors (Lipinski definition) is 3. The molecule has 0 saturated carbocycles. The Labute approximate surface area is 181 Å². The second-order valence-corrected chi connectivity index (χ2v) is 7.11. The zero-order valence-electron chi connectivity index (χ0n) is 17.4. The van der Waals surface area contributed by atoms with Crippen molar-refractivity contribution in [1.29, 1.82) is 0 Å². The van der Waals surface area contributed by atoms with Gasteiger partial charge in [0.2, 0.25) is 5.91 Å². The molecule has 0 aliphatic carbocycles. The lowest BCUT2D eigenvalue weighted by Crippen LogP contribution is -2.52. The molecular weight excluding hydrogens is 400 g/mol. The zero-order chi connectivity index (χ0) is 22.6. The van der Waals surface area contributed by atoms with E-state index in [0.717, 1.165) is 11.1 Å². The summed E-state index contributed by atoms with van der Waals surface area (Å²) in [5, 5.41) is 12.0. The van der Waals surface area contributed by atoms with Crippen molar-refractivity contribution in [3.05, 3.63) is 71.8 Å². The number of ether oxygens (including phenoxy) is 2. The zero-order valence-corrected chi connectivity index (χ0v) is 17.4. The maximum Gasteiger partial charge on any atom is 0.328 e. The first-order chi connectivity index (χ1) is 14.9. The molecule has 0 unspecified atom stereocenters. The summed E-state index contributed by atoms with van der Waals surface area (Å²) in [4.78, 5) is 36.9. The van der Waals surface area contributed by atoms with Crippen LogP contribution in [0.15, 0.2) is 60.7 Å². The Bertz CT molecular complexity index is 842. The summed E-state index contributed by atoms with van der Waals surface area (Å²) in [7, 11) is 0. The highest BCUT2D eigenvalue weighted by atomic mass is 16.5. The van der Waals surface area contributed by atoms with Gasteiger partial charge in [-0.25, -0.2) is 4.79 Å². The van der Waals surface area contributed by atoms with Crippen molar-refractivity contribution in [1.82, 2.24) is 5.32 Å². The molecule has 4 N–H and O–H groups in total. The molecule has 1 amide bonds. The van der Waals surface area contributed by atoms with Gasteiger partial charge < -0.3 is 25.6 Å². The number of rotatable bonds is 11. The number of benzene rings is 2. The molecule has 8 nitrogen and oxygen atoms in total. The van der Waals surface area contributed by atoms with Gasteiger partial charge in [0.1, 0.15) is 25.3 Å². The van der Waals surface area contributed by atoms with E-state index in [1.165, 1.54) is 6.92 Å². The molecule has 8 heteroatoms. The summed E-state index contributed by atoms with van der Waals surface area (Å²) in [6, 6.07) is 15.9. The fourth-order valence-electron chi connectivity index (χ4n) is 2.64. The number of nitrogens with one attached hydrogen (secondary N) is 1. The molecule has 0 radical (unpaired) electrons. The van der Waals surface area contributed by atoms with E-state index in [4.69, 9.17) is 15.2 Å². The first kappa shape index (κ1) is 24.0. The Morgan fingerprint density at radius 3 is 1.97 bits per heavy atom. The van der Waals surface area contributed by atoms with Crippen LogP contribution >= 0.6 is 0 Å². The van der Waals surface area contributed by atoms with E-state index >= 15 is 0 Å². The Balaban J connectivity index is 1.92. The van der Waals surface area contributed by atoms with Gasteiger partial charge in [-0.1, -0.05) is 60.7 Å². The van der Waals surface area contributed by atoms with Crippen molar-refractivity contribution >= 4 is 17.8 Å². The third-order valence-electron chi connectivity index (χ3n) is 4.53. The molecule has 31 heavy (non-hydrogen) atoms. The number of esters is 2. The molecule has 2 aromatic carbocycles. The van der Waals surface area contributed by atoms with Crippen LogP contribution in [0.4, 0.5) is 0 Å². The van der Waals surface area contributed by atoms with Crippen molar-refractivity contribution in [2.45, 2.75) is 51.2 Å². The van der Waals surface area contributed by atoms with E-state index in [9.17, 15) is 19.5 Å². The normalized spacial score (nSPS) is 13.5. The van der Waals surface area contributed by atoms with E-state index in [1.807, 2.05) is 48.5 Å². The quantitative estimate of drug-likeness (QED) is 0.462. The molecule has 0 aliphatic rings. The first-order valence-electron chi connectivity index (χ1n) is 10.0. The Morgan fingerprint density at radius 1 is 0.935 bits per heavy atom. The van der Waals surface area contributed by atoms with Gasteiger partial charge in [-0.2, -0.15) is 0 Å². The molecule has 0 saturated heterocycles. The SMILES string of the molecule is C[C@H](O)[C@@H](N)C(=O)N[C@H](CCC(=O)OCc1ccccc1)C(=O)OCc1ccccc1. The molecule has 166 valence electrons. The standard InChI is InChI=1S/C23H28N2O6/c1-16(26)21(24)22(28)25-19(23(29)31-15-18-10-6-3-7-11-18)12-13-20(27)30-14-17-8-4-2-5-9-17/h2-11,16,19,21,26H,12-15,24H2,1H3,(H,25,28)/t16-,19+,21+/m0/s1. The summed E-state index contributed by atoms with van der Waals surface area (Å²) in [6.45, 7) is 1.50.